The van der Waals surface area contributed by atoms with Gasteiger partial charge >= 0.3 is 0 Å². The molecule has 0 unspecified atom stereocenters. The molecule has 0 fully saturated rings. The second kappa shape index (κ2) is 6.02. The van der Waals surface area contributed by atoms with Crippen molar-refractivity contribution < 1.29 is 4.79 Å². The highest BCUT2D eigenvalue weighted by molar-refractivity contribution is 5.80. The molecule has 1 aromatic rings. The average Bonchev–Trinajstić information content (AvgIpc) is 2.29. The van der Waals surface area contributed by atoms with Gasteiger partial charge in [0.25, 0.3) is 0 Å². The van der Waals surface area contributed by atoms with E-state index in [1.54, 1.807) is 24.3 Å². The molecule has 0 saturated carbocycles. The summed E-state index contributed by atoms with van der Waals surface area (Å²) in [6, 6.07) is 0. The number of aromatic nitrogens is 2. The summed E-state index contributed by atoms with van der Waals surface area (Å²) >= 11 is 0. The zero-order valence-electron chi connectivity index (χ0n) is 9.60. The van der Waals surface area contributed by atoms with E-state index in [0.29, 0.717) is 19.0 Å². The van der Waals surface area contributed by atoms with E-state index in [9.17, 15) is 4.79 Å². The van der Waals surface area contributed by atoms with Gasteiger partial charge in [-0.15, -0.1) is 0 Å². The number of nitrogens with one attached hydrogen (secondary N) is 1. The summed E-state index contributed by atoms with van der Waals surface area (Å²) in [4.78, 5) is 21.2. The molecule has 6 heteroatoms. The van der Waals surface area contributed by atoms with Gasteiger partial charge in [-0.05, 0) is 6.92 Å². The van der Waals surface area contributed by atoms with Crippen LogP contribution in [0.3, 0.4) is 0 Å². The van der Waals surface area contributed by atoms with Gasteiger partial charge in [0.1, 0.15) is 0 Å². The van der Waals surface area contributed by atoms with E-state index >= 15 is 0 Å². The maximum absolute atomic E-state index is 11.3. The van der Waals surface area contributed by atoms with Crippen LogP contribution in [0, 0.1) is 0 Å². The quantitative estimate of drug-likeness (QED) is 0.703. The van der Waals surface area contributed by atoms with Crippen LogP contribution in [0.5, 0.6) is 0 Å². The highest BCUT2D eigenvalue weighted by Crippen LogP contribution is 2.03. The first-order chi connectivity index (χ1) is 7.67. The lowest BCUT2D eigenvalue weighted by Crippen LogP contribution is -2.35. The van der Waals surface area contributed by atoms with E-state index in [1.165, 1.54) is 0 Å². The van der Waals surface area contributed by atoms with E-state index in [0.717, 1.165) is 5.56 Å². The van der Waals surface area contributed by atoms with E-state index in [-0.39, 0.29) is 12.5 Å². The Morgan fingerprint density at radius 3 is 2.62 bits per heavy atom. The Balaban J connectivity index is 2.58. The molecule has 0 radical (unpaired) electrons. The third-order valence-corrected chi connectivity index (χ3v) is 2.02. The van der Waals surface area contributed by atoms with Gasteiger partial charge in [0.2, 0.25) is 11.9 Å². The summed E-state index contributed by atoms with van der Waals surface area (Å²) in [6.07, 6.45) is 3.33. The Morgan fingerprint density at radius 1 is 1.50 bits per heavy atom. The number of carbonyl (C=O) groups excluding carboxylic acids is 1. The SMILES string of the molecule is CCNC(=O)CN(C)c1ncc(CN)cn1. The van der Waals surface area contributed by atoms with Crippen LogP contribution < -0.4 is 16.0 Å². The highest BCUT2D eigenvalue weighted by Gasteiger charge is 2.08. The number of nitrogens with two attached hydrogens (primary N) is 1. The molecule has 0 aliphatic carbocycles. The van der Waals surface area contributed by atoms with Gasteiger partial charge in [0, 0.05) is 38.1 Å². The molecule has 0 aromatic carbocycles. The largest absolute Gasteiger partial charge is 0.355 e. The molecule has 0 bridgehead atoms. The standard InChI is InChI=1S/C10H17N5O/c1-3-12-9(16)7-15(2)10-13-5-8(4-11)6-14-10/h5-6H,3-4,7,11H2,1-2H3,(H,12,16). The summed E-state index contributed by atoms with van der Waals surface area (Å²) in [5, 5.41) is 2.71. The Kier molecular flexibility index (Phi) is 4.65. The molecule has 0 saturated heterocycles. The minimum absolute atomic E-state index is 0.0449. The number of anilines is 1. The van der Waals surface area contributed by atoms with E-state index < -0.39 is 0 Å². The van der Waals surface area contributed by atoms with Crippen molar-refractivity contribution in [3.63, 3.8) is 0 Å². The van der Waals surface area contributed by atoms with Gasteiger partial charge < -0.3 is 16.0 Å². The van der Waals surface area contributed by atoms with Gasteiger partial charge in [-0.3, -0.25) is 4.79 Å². The lowest BCUT2D eigenvalue weighted by molar-refractivity contribution is -0.119. The molecule has 3 N–H and O–H groups in total. The first-order valence-corrected chi connectivity index (χ1v) is 5.16. The summed E-state index contributed by atoms with van der Waals surface area (Å²) in [5.74, 6) is 0.472. The number of amides is 1. The molecule has 88 valence electrons. The predicted molar refractivity (Wildman–Crippen MR) is 61.9 cm³/mol. The normalized spacial score (nSPS) is 9.94. The summed E-state index contributed by atoms with van der Waals surface area (Å²) < 4.78 is 0. The van der Waals surface area contributed by atoms with Crippen LogP contribution in [0.15, 0.2) is 12.4 Å². The van der Waals surface area contributed by atoms with Crippen molar-refractivity contribution >= 4 is 11.9 Å². The van der Waals surface area contributed by atoms with Gasteiger partial charge in [-0.1, -0.05) is 0 Å². The fourth-order valence-electron chi connectivity index (χ4n) is 1.19. The fraction of sp³-hybridized carbons (Fsp3) is 0.500. The van der Waals surface area contributed by atoms with Crippen LogP contribution in [-0.2, 0) is 11.3 Å². The van der Waals surface area contributed by atoms with Crippen LogP contribution in [0.4, 0.5) is 5.95 Å². The number of carbonyl (C=O) groups is 1. The van der Waals surface area contributed by atoms with Gasteiger partial charge in [0.05, 0.1) is 6.54 Å². The molecular weight excluding hydrogens is 206 g/mol. The monoisotopic (exact) mass is 223 g/mol. The molecular formula is C10H17N5O. The summed E-state index contributed by atoms with van der Waals surface area (Å²) in [7, 11) is 1.77. The van der Waals surface area contributed by atoms with Crippen molar-refractivity contribution in [2.75, 3.05) is 25.0 Å². The van der Waals surface area contributed by atoms with Crippen LogP contribution >= 0.6 is 0 Å². The number of hydrogen-bond donors (Lipinski definition) is 2. The molecule has 1 heterocycles. The van der Waals surface area contributed by atoms with Crippen molar-refractivity contribution in [3.8, 4) is 0 Å². The second-order valence-corrected chi connectivity index (χ2v) is 3.41. The van der Waals surface area contributed by atoms with Crippen molar-refractivity contribution in [1.82, 2.24) is 15.3 Å². The Morgan fingerprint density at radius 2 is 2.12 bits per heavy atom. The maximum atomic E-state index is 11.3. The van der Waals surface area contributed by atoms with Crippen LogP contribution in [0.1, 0.15) is 12.5 Å². The van der Waals surface area contributed by atoms with Gasteiger partial charge in [0.15, 0.2) is 0 Å². The summed E-state index contributed by atoms with van der Waals surface area (Å²) in [6.45, 7) is 3.17. The second-order valence-electron chi connectivity index (χ2n) is 3.41. The van der Waals surface area contributed by atoms with Gasteiger partial charge in [-0.2, -0.15) is 0 Å². The minimum Gasteiger partial charge on any atom is -0.355 e. The summed E-state index contributed by atoms with van der Waals surface area (Å²) in [5.41, 5.74) is 6.31. The number of rotatable bonds is 5. The van der Waals surface area contributed by atoms with Crippen molar-refractivity contribution in [2.24, 2.45) is 5.73 Å². The van der Waals surface area contributed by atoms with Crippen molar-refractivity contribution in [3.05, 3.63) is 18.0 Å². The minimum atomic E-state index is -0.0449. The number of hydrogen-bond acceptors (Lipinski definition) is 5. The molecule has 0 spiro atoms. The third-order valence-electron chi connectivity index (χ3n) is 2.02. The van der Waals surface area contributed by atoms with E-state index in [1.807, 2.05) is 6.92 Å². The van der Waals surface area contributed by atoms with Crippen LogP contribution in [0.2, 0.25) is 0 Å². The number of likely N-dealkylation sites (N-methyl/N-ethyl adjacent to an activating group) is 2. The molecule has 0 aliphatic heterocycles. The zero-order valence-corrected chi connectivity index (χ0v) is 9.60. The number of nitrogens with zero attached hydrogens (tertiary/aromatic N) is 3. The molecule has 0 aliphatic rings. The van der Waals surface area contributed by atoms with Crippen LogP contribution in [-0.4, -0.2) is 36.0 Å². The maximum Gasteiger partial charge on any atom is 0.239 e. The smallest absolute Gasteiger partial charge is 0.239 e. The lowest BCUT2D eigenvalue weighted by atomic mass is 10.3. The molecule has 0 atom stereocenters. The molecule has 1 aromatic heterocycles. The topological polar surface area (TPSA) is 84.1 Å². The fourth-order valence-corrected chi connectivity index (χ4v) is 1.19. The van der Waals surface area contributed by atoms with Crippen molar-refractivity contribution in [1.29, 1.82) is 0 Å². The first-order valence-electron chi connectivity index (χ1n) is 5.16. The molecule has 1 amide bonds. The Hall–Kier alpha value is -1.69. The molecule has 1 rings (SSSR count). The van der Waals surface area contributed by atoms with Crippen LogP contribution in [0.25, 0.3) is 0 Å². The third kappa shape index (κ3) is 3.47. The highest BCUT2D eigenvalue weighted by atomic mass is 16.2. The lowest BCUT2D eigenvalue weighted by Gasteiger charge is -2.16. The Labute approximate surface area is 94.9 Å². The first kappa shape index (κ1) is 12.4. The Bertz CT molecular complexity index is 338. The molecule has 6 nitrogen and oxygen atoms in total. The van der Waals surface area contributed by atoms with Gasteiger partial charge in [-0.25, -0.2) is 9.97 Å². The van der Waals surface area contributed by atoms with Crippen molar-refractivity contribution in [2.45, 2.75) is 13.5 Å². The van der Waals surface area contributed by atoms with E-state index in [4.69, 9.17) is 5.73 Å². The molecule has 16 heavy (non-hydrogen) atoms. The van der Waals surface area contributed by atoms with E-state index in [2.05, 4.69) is 15.3 Å². The predicted octanol–water partition coefficient (Wildman–Crippen LogP) is -0.492. The average molecular weight is 223 g/mol. The zero-order chi connectivity index (χ0) is 12.0.